The standard InChI is InChI=1S/C22H26N2O5/c1-15(23)21(26)18(12-19(25)28-13-16-8-4-2-5-9-16)20(24)22(27)29-14-17-10-6-3-7-11-17/h2-11,15,18,20H,12-14,23-24H2,1H3/t15-,18?,20-/m0/s1. The fraction of sp³-hybridized carbons (Fsp3) is 0.318. The molecule has 0 radical (unpaired) electrons. The Bertz CT molecular complexity index is 808. The van der Waals surface area contributed by atoms with Crippen molar-refractivity contribution in [3.8, 4) is 0 Å². The molecule has 0 bridgehead atoms. The maximum atomic E-state index is 12.5. The summed E-state index contributed by atoms with van der Waals surface area (Å²) in [5, 5.41) is 0. The molecular formula is C22H26N2O5. The van der Waals surface area contributed by atoms with Crippen molar-refractivity contribution in [2.75, 3.05) is 0 Å². The van der Waals surface area contributed by atoms with Crippen LogP contribution in [0.3, 0.4) is 0 Å². The molecule has 0 aromatic heterocycles. The Hall–Kier alpha value is -3.03. The van der Waals surface area contributed by atoms with Crippen LogP contribution in [-0.4, -0.2) is 29.8 Å². The number of benzene rings is 2. The summed E-state index contributed by atoms with van der Waals surface area (Å²) in [6.07, 6.45) is -0.352. The Balaban J connectivity index is 1.97. The number of esters is 2. The van der Waals surface area contributed by atoms with Gasteiger partial charge in [0.15, 0.2) is 5.78 Å². The van der Waals surface area contributed by atoms with Crippen molar-refractivity contribution in [3.05, 3.63) is 71.8 Å². The molecular weight excluding hydrogens is 372 g/mol. The molecule has 2 aromatic carbocycles. The summed E-state index contributed by atoms with van der Waals surface area (Å²) < 4.78 is 10.4. The van der Waals surface area contributed by atoms with Crippen LogP contribution in [0.25, 0.3) is 0 Å². The lowest BCUT2D eigenvalue weighted by molar-refractivity contribution is -0.153. The summed E-state index contributed by atoms with van der Waals surface area (Å²) in [5.74, 6) is -3.03. The maximum Gasteiger partial charge on any atom is 0.324 e. The summed E-state index contributed by atoms with van der Waals surface area (Å²) in [6.45, 7) is 1.56. The van der Waals surface area contributed by atoms with Crippen molar-refractivity contribution < 1.29 is 23.9 Å². The highest BCUT2D eigenvalue weighted by Crippen LogP contribution is 2.15. The Kier molecular flexibility index (Phi) is 8.51. The molecule has 4 N–H and O–H groups in total. The highest BCUT2D eigenvalue weighted by atomic mass is 16.5. The molecule has 0 saturated heterocycles. The second-order valence-electron chi connectivity index (χ2n) is 6.77. The molecule has 2 rings (SSSR count). The molecule has 0 aliphatic rings. The minimum absolute atomic E-state index is 0.0188. The number of hydrogen-bond donors (Lipinski definition) is 2. The number of ether oxygens (including phenoxy) is 2. The van der Waals surface area contributed by atoms with E-state index in [1.54, 1.807) is 12.1 Å². The van der Waals surface area contributed by atoms with Crippen molar-refractivity contribution in [1.82, 2.24) is 0 Å². The first-order valence-electron chi connectivity index (χ1n) is 9.33. The van der Waals surface area contributed by atoms with E-state index in [0.29, 0.717) is 0 Å². The molecule has 29 heavy (non-hydrogen) atoms. The van der Waals surface area contributed by atoms with Gasteiger partial charge in [-0.3, -0.25) is 14.4 Å². The van der Waals surface area contributed by atoms with Gasteiger partial charge in [-0.25, -0.2) is 0 Å². The van der Waals surface area contributed by atoms with Crippen molar-refractivity contribution in [2.45, 2.75) is 38.6 Å². The molecule has 0 heterocycles. The monoisotopic (exact) mass is 398 g/mol. The first kappa shape index (κ1) is 22.3. The third-order valence-corrected chi connectivity index (χ3v) is 4.37. The zero-order valence-corrected chi connectivity index (χ0v) is 16.3. The van der Waals surface area contributed by atoms with Gasteiger partial charge < -0.3 is 20.9 Å². The molecule has 0 spiro atoms. The van der Waals surface area contributed by atoms with Crippen LogP contribution in [0.2, 0.25) is 0 Å². The molecule has 2 aromatic rings. The minimum Gasteiger partial charge on any atom is -0.461 e. The number of ketones is 1. The van der Waals surface area contributed by atoms with E-state index in [1.807, 2.05) is 48.5 Å². The van der Waals surface area contributed by atoms with Crippen molar-refractivity contribution in [2.24, 2.45) is 17.4 Å². The van der Waals surface area contributed by atoms with E-state index in [-0.39, 0.29) is 19.6 Å². The lowest BCUT2D eigenvalue weighted by atomic mass is 9.89. The number of hydrogen-bond acceptors (Lipinski definition) is 7. The fourth-order valence-electron chi connectivity index (χ4n) is 2.71. The average molecular weight is 398 g/mol. The zero-order valence-electron chi connectivity index (χ0n) is 16.3. The predicted octanol–water partition coefficient (Wildman–Crippen LogP) is 1.72. The van der Waals surface area contributed by atoms with E-state index in [1.165, 1.54) is 6.92 Å². The quantitative estimate of drug-likeness (QED) is 0.584. The topological polar surface area (TPSA) is 122 Å². The summed E-state index contributed by atoms with van der Waals surface area (Å²) in [7, 11) is 0. The van der Waals surface area contributed by atoms with E-state index < -0.39 is 35.7 Å². The number of rotatable bonds is 10. The molecule has 0 saturated carbocycles. The molecule has 7 heteroatoms. The number of nitrogens with two attached hydrogens (primary N) is 2. The minimum atomic E-state index is -1.32. The maximum absolute atomic E-state index is 12.5. The first-order chi connectivity index (χ1) is 13.9. The third kappa shape index (κ3) is 7.14. The van der Waals surface area contributed by atoms with Gasteiger partial charge in [-0.2, -0.15) is 0 Å². The normalized spacial score (nSPS) is 13.8. The highest BCUT2D eigenvalue weighted by molar-refractivity contribution is 5.94. The Morgan fingerprint density at radius 1 is 0.828 bits per heavy atom. The van der Waals surface area contributed by atoms with Crippen molar-refractivity contribution in [1.29, 1.82) is 0 Å². The molecule has 1 unspecified atom stereocenters. The van der Waals surface area contributed by atoms with Gasteiger partial charge in [0, 0.05) is 0 Å². The number of carbonyl (C=O) groups is 3. The summed E-state index contributed by atoms with van der Waals surface area (Å²) >= 11 is 0. The fourth-order valence-corrected chi connectivity index (χ4v) is 2.71. The Morgan fingerprint density at radius 2 is 1.31 bits per heavy atom. The van der Waals surface area contributed by atoms with Crippen LogP contribution < -0.4 is 11.5 Å². The predicted molar refractivity (Wildman–Crippen MR) is 107 cm³/mol. The summed E-state index contributed by atoms with van der Waals surface area (Å²) in [6, 6.07) is 16.0. The van der Waals surface area contributed by atoms with Gasteiger partial charge in [0.05, 0.1) is 18.4 Å². The van der Waals surface area contributed by atoms with Crippen LogP contribution in [-0.2, 0) is 37.1 Å². The van der Waals surface area contributed by atoms with Crippen LogP contribution in [0.15, 0.2) is 60.7 Å². The number of carbonyl (C=O) groups excluding carboxylic acids is 3. The lowest BCUT2D eigenvalue weighted by Gasteiger charge is -2.22. The van der Waals surface area contributed by atoms with E-state index >= 15 is 0 Å². The van der Waals surface area contributed by atoms with Gasteiger partial charge in [0.1, 0.15) is 19.3 Å². The number of Topliss-reactive ketones (excluding diaryl/α,β-unsaturated/α-hetero) is 1. The van der Waals surface area contributed by atoms with Crippen LogP contribution >= 0.6 is 0 Å². The highest BCUT2D eigenvalue weighted by Gasteiger charge is 2.35. The van der Waals surface area contributed by atoms with Gasteiger partial charge in [-0.15, -0.1) is 0 Å². The van der Waals surface area contributed by atoms with E-state index in [0.717, 1.165) is 11.1 Å². The van der Waals surface area contributed by atoms with Gasteiger partial charge in [0.25, 0.3) is 0 Å². The molecule has 7 nitrogen and oxygen atoms in total. The Labute approximate surface area is 170 Å². The van der Waals surface area contributed by atoms with Crippen molar-refractivity contribution >= 4 is 17.7 Å². The SMILES string of the molecule is C[C@H](N)C(=O)C(CC(=O)OCc1ccccc1)[C@H](N)C(=O)OCc1ccccc1. The van der Waals surface area contributed by atoms with Crippen LogP contribution in [0, 0.1) is 5.92 Å². The van der Waals surface area contributed by atoms with Gasteiger partial charge in [-0.1, -0.05) is 60.7 Å². The van der Waals surface area contributed by atoms with Crippen LogP contribution in [0.1, 0.15) is 24.5 Å². The largest absolute Gasteiger partial charge is 0.461 e. The summed E-state index contributed by atoms with van der Waals surface area (Å²) in [5.41, 5.74) is 13.2. The second kappa shape index (κ2) is 11.1. The lowest BCUT2D eigenvalue weighted by Crippen LogP contribution is -2.48. The first-order valence-corrected chi connectivity index (χ1v) is 9.33. The molecule has 3 atom stereocenters. The molecule has 0 aliphatic carbocycles. The van der Waals surface area contributed by atoms with Crippen molar-refractivity contribution in [3.63, 3.8) is 0 Å². The summed E-state index contributed by atoms with van der Waals surface area (Å²) in [4.78, 5) is 37.0. The van der Waals surface area contributed by atoms with Gasteiger partial charge in [0.2, 0.25) is 0 Å². The van der Waals surface area contributed by atoms with Crippen LogP contribution in [0.4, 0.5) is 0 Å². The molecule has 0 amide bonds. The molecule has 0 fully saturated rings. The average Bonchev–Trinajstić information content (AvgIpc) is 2.74. The van der Waals surface area contributed by atoms with Crippen LogP contribution in [0.5, 0.6) is 0 Å². The smallest absolute Gasteiger partial charge is 0.324 e. The van der Waals surface area contributed by atoms with Gasteiger partial charge in [-0.05, 0) is 18.1 Å². The van der Waals surface area contributed by atoms with E-state index in [4.69, 9.17) is 20.9 Å². The van der Waals surface area contributed by atoms with E-state index in [9.17, 15) is 14.4 Å². The third-order valence-electron chi connectivity index (χ3n) is 4.37. The van der Waals surface area contributed by atoms with E-state index in [2.05, 4.69) is 0 Å². The van der Waals surface area contributed by atoms with Gasteiger partial charge >= 0.3 is 11.9 Å². The molecule has 0 aliphatic heterocycles. The molecule has 154 valence electrons. The zero-order chi connectivity index (χ0) is 21.2. The Morgan fingerprint density at radius 3 is 1.79 bits per heavy atom. The second-order valence-corrected chi connectivity index (χ2v) is 6.77.